The third-order valence-corrected chi connectivity index (χ3v) is 5.82. The van der Waals surface area contributed by atoms with Gasteiger partial charge in [0, 0.05) is 7.05 Å². The van der Waals surface area contributed by atoms with Crippen LogP contribution in [0.2, 0.25) is 0 Å². The van der Waals surface area contributed by atoms with E-state index in [1.165, 1.54) is 25.2 Å². The summed E-state index contributed by atoms with van der Waals surface area (Å²) < 4.78 is 33.0. The number of fused-ring (bicyclic) bond motifs is 1. The molecule has 1 unspecified atom stereocenters. The van der Waals surface area contributed by atoms with Crippen LogP contribution in [0.5, 0.6) is 5.75 Å². The van der Waals surface area contributed by atoms with Crippen LogP contribution >= 0.6 is 11.8 Å². The van der Waals surface area contributed by atoms with Gasteiger partial charge in [-0.3, -0.25) is 14.5 Å². The molecule has 4 nitrogen and oxygen atoms in total. The highest BCUT2D eigenvalue weighted by atomic mass is 32.2. The second kappa shape index (κ2) is 7.24. The molecule has 28 heavy (non-hydrogen) atoms. The molecular weight excluding hydrogens is 384 g/mol. The van der Waals surface area contributed by atoms with Crippen LogP contribution < -0.4 is 4.74 Å². The van der Waals surface area contributed by atoms with E-state index in [2.05, 4.69) is 0 Å². The van der Waals surface area contributed by atoms with Gasteiger partial charge < -0.3 is 4.74 Å². The molecule has 1 aliphatic rings. The Bertz CT molecular complexity index is 1080. The van der Waals surface area contributed by atoms with Crippen molar-refractivity contribution in [3.05, 3.63) is 77.4 Å². The van der Waals surface area contributed by atoms with Crippen LogP contribution in [0.3, 0.4) is 0 Å². The van der Waals surface area contributed by atoms with Crippen molar-refractivity contribution in [2.75, 3.05) is 7.05 Å². The van der Waals surface area contributed by atoms with Crippen LogP contribution in [0.1, 0.15) is 16.4 Å². The van der Waals surface area contributed by atoms with E-state index >= 15 is 0 Å². The van der Waals surface area contributed by atoms with Gasteiger partial charge in [-0.25, -0.2) is 8.78 Å². The number of hydrogen-bond acceptors (Lipinski definition) is 4. The van der Waals surface area contributed by atoms with Crippen molar-refractivity contribution < 1.29 is 23.1 Å². The summed E-state index contributed by atoms with van der Waals surface area (Å²) in [7, 11) is 1.47. The number of imide groups is 1. The Morgan fingerprint density at radius 3 is 2.36 bits per heavy atom. The molecule has 0 spiro atoms. The molecule has 3 aromatic rings. The second-order valence-electron chi connectivity index (χ2n) is 6.42. The van der Waals surface area contributed by atoms with E-state index in [0.717, 1.165) is 33.0 Å². The van der Waals surface area contributed by atoms with Crippen LogP contribution in [0.4, 0.5) is 13.6 Å². The Balaban J connectivity index is 1.56. The van der Waals surface area contributed by atoms with E-state index in [1.807, 2.05) is 18.2 Å². The quantitative estimate of drug-likeness (QED) is 0.615. The lowest BCUT2D eigenvalue weighted by atomic mass is 10.0. The van der Waals surface area contributed by atoms with E-state index in [-0.39, 0.29) is 23.3 Å². The lowest BCUT2D eigenvalue weighted by molar-refractivity contribution is -0.125. The van der Waals surface area contributed by atoms with Gasteiger partial charge in [-0.05, 0) is 58.4 Å². The summed E-state index contributed by atoms with van der Waals surface area (Å²) >= 11 is 0.997. The minimum absolute atomic E-state index is 0.122. The summed E-state index contributed by atoms with van der Waals surface area (Å²) in [6.45, 7) is -0.218. The molecule has 1 saturated heterocycles. The largest absolute Gasteiger partial charge is 0.489 e. The van der Waals surface area contributed by atoms with Crippen LogP contribution in [0, 0.1) is 11.6 Å². The topological polar surface area (TPSA) is 46.6 Å². The molecular formula is C21H15F2NO3S. The summed E-state index contributed by atoms with van der Waals surface area (Å²) in [6, 6.07) is 14.4. The predicted octanol–water partition coefficient (Wildman–Crippen LogP) is 5.06. The summed E-state index contributed by atoms with van der Waals surface area (Å²) in [4.78, 5) is 25.0. The zero-order valence-electron chi connectivity index (χ0n) is 14.8. The van der Waals surface area contributed by atoms with E-state index < -0.39 is 16.9 Å². The average Bonchev–Trinajstić information content (AvgIpc) is 2.94. The molecule has 0 N–H and O–H groups in total. The number of ether oxygens (including phenoxy) is 1. The van der Waals surface area contributed by atoms with Gasteiger partial charge in [0.2, 0.25) is 5.91 Å². The maximum atomic E-state index is 13.7. The van der Waals surface area contributed by atoms with E-state index in [1.54, 1.807) is 18.2 Å². The van der Waals surface area contributed by atoms with Crippen molar-refractivity contribution in [3.8, 4) is 5.75 Å². The molecule has 1 heterocycles. The first-order chi connectivity index (χ1) is 13.4. The van der Waals surface area contributed by atoms with Crippen molar-refractivity contribution in [1.82, 2.24) is 4.90 Å². The first-order valence-electron chi connectivity index (χ1n) is 8.51. The molecule has 1 aliphatic heterocycles. The minimum Gasteiger partial charge on any atom is -0.489 e. The zero-order chi connectivity index (χ0) is 19.8. The van der Waals surface area contributed by atoms with Crippen molar-refractivity contribution in [3.63, 3.8) is 0 Å². The number of hydrogen-bond donors (Lipinski definition) is 0. The number of likely N-dealkylation sites (N-methyl/N-ethyl adjacent to an activating group) is 1. The van der Waals surface area contributed by atoms with Crippen LogP contribution in [-0.4, -0.2) is 23.1 Å². The van der Waals surface area contributed by atoms with Gasteiger partial charge in [0.15, 0.2) is 0 Å². The molecule has 0 aromatic heterocycles. The Morgan fingerprint density at radius 1 is 1.00 bits per heavy atom. The monoisotopic (exact) mass is 399 g/mol. The molecule has 7 heteroatoms. The van der Waals surface area contributed by atoms with Crippen LogP contribution in [-0.2, 0) is 11.4 Å². The Labute approximate surface area is 164 Å². The van der Waals surface area contributed by atoms with Gasteiger partial charge in [0.1, 0.15) is 29.2 Å². The van der Waals surface area contributed by atoms with Gasteiger partial charge >= 0.3 is 0 Å². The molecule has 0 saturated carbocycles. The Kier molecular flexibility index (Phi) is 4.77. The normalized spacial score (nSPS) is 16.8. The molecule has 0 aliphatic carbocycles. The SMILES string of the molecule is CN1C(=O)SC(c2ccc3cc(OCc4c(F)cccc4F)ccc3c2)C1=O. The predicted molar refractivity (Wildman–Crippen MR) is 103 cm³/mol. The van der Waals surface area contributed by atoms with E-state index in [0.29, 0.717) is 5.75 Å². The number of halogens is 2. The molecule has 3 aromatic carbocycles. The lowest BCUT2D eigenvalue weighted by Gasteiger charge is -2.11. The molecule has 0 bridgehead atoms. The first kappa shape index (κ1) is 18.4. The fraction of sp³-hybridized carbons (Fsp3) is 0.143. The smallest absolute Gasteiger partial charge is 0.289 e. The van der Waals surface area contributed by atoms with Crippen LogP contribution in [0.15, 0.2) is 54.6 Å². The Hall–Kier alpha value is -2.93. The maximum Gasteiger partial charge on any atom is 0.289 e. The van der Waals surface area contributed by atoms with Gasteiger partial charge in [-0.15, -0.1) is 0 Å². The molecule has 0 radical (unpaired) electrons. The number of thioether (sulfide) groups is 1. The zero-order valence-corrected chi connectivity index (χ0v) is 15.6. The van der Waals surface area contributed by atoms with Gasteiger partial charge in [0.05, 0.1) is 5.56 Å². The summed E-state index contributed by atoms with van der Waals surface area (Å²) in [6.07, 6.45) is 0. The third kappa shape index (κ3) is 3.33. The highest BCUT2D eigenvalue weighted by Crippen LogP contribution is 2.39. The summed E-state index contributed by atoms with van der Waals surface area (Å²) in [5, 5.41) is 0.920. The number of benzene rings is 3. The molecule has 1 fully saturated rings. The minimum atomic E-state index is -0.649. The standard InChI is InChI=1S/C21H15F2NO3S/c1-24-20(25)19(28-21(24)26)14-6-5-13-10-15(8-7-12(13)9-14)27-11-16-17(22)3-2-4-18(16)23/h2-10,19H,11H2,1H3. The van der Waals surface area contributed by atoms with Gasteiger partial charge in [0.25, 0.3) is 5.24 Å². The van der Waals surface area contributed by atoms with Gasteiger partial charge in [-0.2, -0.15) is 0 Å². The van der Waals surface area contributed by atoms with Crippen molar-refractivity contribution in [2.45, 2.75) is 11.9 Å². The summed E-state index contributed by atoms with van der Waals surface area (Å²) in [5.74, 6) is -1.06. The number of amides is 2. The molecule has 142 valence electrons. The van der Waals surface area contributed by atoms with Crippen molar-refractivity contribution >= 4 is 33.7 Å². The first-order valence-corrected chi connectivity index (χ1v) is 9.39. The molecule has 4 rings (SSSR count). The number of nitrogens with zero attached hydrogens (tertiary/aromatic N) is 1. The Morgan fingerprint density at radius 2 is 1.68 bits per heavy atom. The lowest BCUT2D eigenvalue weighted by Crippen LogP contribution is -2.24. The maximum absolute atomic E-state index is 13.7. The third-order valence-electron chi connectivity index (χ3n) is 4.63. The number of carbonyl (C=O) groups excluding carboxylic acids is 2. The van der Waals surface area contributed by atoms with Gasteiger partial charge in [-0.1, -0.05) is 24.3 Å². The second-order valence-corrected chi connectivity index (χ2v) is 7.47. The van der Waals surface area contributed by atoms with Crippen molar-refractivity contribution in [1.29, 1.82) is 0 Å². The average molecular weight is 399 g/mol. The molecule has 2 amide bonds. The van der Waals surface area contributed by atoms with E-state index in [9.17, 15) is 18.4 Å². The highest BCUT2D eigenvalue weighted by Gasteiger charge is 2.38. The van der Waals surface area contributed by atoms with Crippen LogP contribution in [0.25, 0.3) is 10.8 Å². The number of rotatable bonds is 4. The fourth-order valence-electron chi connectivity index (χ4n) is 3.03. The fourth-order valence-corrected chi connectivity index (χ4v) is 4.02. The van der Waals surface area contributed by atoms with E-state index in [4.69, 9.17) is 4.74 Å². The summed E-state index contributed by atoms with van der Waals surface area (Å²) in [5.41, 5.74) is 0.630. The number of carbonyl (C=O) groups is 2. The highest BCUT2D eigenvalue weighted by molar-refractivity contribution is 8.14. The van der Waals surface area contributed by atoms with Crippen molar-refractivity contribution in [2.24, 2.45) is 0 Å². The molecule has 1 atom stereocenters.